The first kappa shape index (κ1) is 17.6. The first-order chi connectivity index (χ1) is 12.6. The van der Waals surface area contributed by atoms with Crippen molar-refractivity contribution >= 4 is 5.91 Å². The second-order valence-corrected chi connectivity index (χ2v) is 5.80. The largest absolute Gasteiger partial charge is 0.437 e. The van der Waals surface area contributed by atoms with E-state index < -0.39 is 0 Å². The highest BCUT2D eigenvalue weighted by molar-refractivity contribution is 5.96. The molecule has 0 aliphatic carbocycles. The van der Waals surface area contributed by atoms with Gasteiger partial charge in [-0.25, -0.2) is 4.98 Å². The van der Waals surface area contributed by atoms with Gasteiger partial charge in [-0.05, 0) is 38.5 Å². The Hall–Kier alpha value is -3.22. The summed E-state index contributed by atoms with van der Waals surface area (Å²) in [6, 6.07) is 7.34. The molecule has 0 bridgehead atoms. The fraction of sp³-hybridized carbons (Fsp3) is 0.263. The summed E-state index contributed by atoms with van der Waals surface area (Å²) in [5, 5.41) is 6.79. The molecule has 3 rings (SSSR count). The highest BCUT2D eigenvalue weighted by Crippen LogP contribution is 2.22. The van der Waals surface area contributed by atoms with Gasteiger partial charge in [0.2, 0.25) is 5.88 Å². The molecule has 134 valence electrons. The number of aryl methyl sites for hydroxylation is 3. The Morgan fingerprint density at radius 3 is 2.81 bits per heavy atom. The summed E-state index contributed by atoms with van der Waals surface area (Å²) in [7, 11) is 0. The molecular formula is C19H20N4O3. The minimum atomic E-state index is -0.229. The van der Waals surface area contributed by atoms with Crippen molar-refractivity contribution in [3.63, 3.8) is 0 Å². The molecule has 0 aromatic carbocycles. The quantitative estimate of drug-likeness (QED) is 0.731. The molecule has 0 spiro atoms. The predicted molar refractivity (Wildman–Crippen MR) is 95.1 cm³/mol. The van der Waals surface area contributed by atoms with E-state index in [0.29, 0.717) is 35.1 Å². The molecule has 0 radical (unpaired) electrons. The minimum Gasteiger partial charge on any atom is -0.437 e. The van der Waals surface area contributed by atoms with Crippen molar-refractivity contribution in [1.29, 1.82) is 0 Å². The van der Waals surface area contributed by atoms with Gasteiger partial charge in [0.1, 0.15) is 17.1 Å². The highest BCUT2D eigenvalue weighted by atomic mass is 16.5. The van der Waals surface area contributed by atoms with Gasteiger partial charge >= 0.3 is 0 Å². The number of carbonyl (C=O) groups is 1. The Balaban J connectivity index is 1.73. The van der Waals surface area contributed by atoms with Crippen LogP contribution in [0, 0.1) is 13.8 Å². The number of pyridine rings is 2. The zero-order chi connectivity index (χ0) is 18.5. The molecule has 3 aromatic rings. The molecule has 7 heteroatoms. The number of carbonyl (C=O) groups excluding carboxylic acids is 1. The Morgan fingerprint density at radius 2 is 2.08 bits per heavy atom. The average Bonchev–Trinajstić information content (AvgIpc) is 3.03. The van der Waals surface area contributed by atoms with Gasteiger partial charge in [-0.1, -0.05) is 18.1 Å². The third-order valence-corrected chi connectivity index (χ3v) is 3.88. The topological polar surface area (TPSA) is 90.1 Å². The summed E-state index contributed by atoms with van der Waals surface area (Å²) in [4.78, 5) is 21.0. The van der Waals surface area contributed by atoms with Gasteiger partial charge in [-0.2, -0.15) is 0 Å². The summed E-state index contributed by atoms with van der Waals surface area (Å²) >= 11 is 0. The van der Waals surface area contributed by atoms with Crippen molar-refractivity contribution in [3.05, 3.63) is 64.9 Å². The van der Waals surface area contributed by atoms with Crippen LogP contribution in [0.3, 0.4) is 0 Å². The van der Waals surface area contributed by atoms with Crippen molar-refractivity contribution in [2.24, 2.45) is 0 Å². The number of hydrogen-bond donors (Lipinski definition) is 1. The lowest BCUT2D eigenvalue weighted by Crippen LogP contribution is -2.24. The van der Waals surface area contributed by atoms with Gasteiger partial charge in [-0.3, -0.25) is 9.78 Å². The van der Waals surface area contributed by atoms with Crippen LogP contribution < -0.4 is 10.1 Å². The number of nitrogens with zero attached hydrogens (tertiary/aromatic N) is 3. The SMILES string of the molecule is CCc1noc(C)c1C(=O)NCc1cccnc1Oc1ccc(C)nc1. The summed E-state index contributed by atoms with van der Waals surface area (Å²) in [6.07, 6.45) is 3.91. The summed E-state index contributed by atoms with van der Waals surface area (Å²) < 4.78 is 10.9. The number of nitrogens with one attached hydrogen (secondary N) is 1. The molecule has 0 aliphatic rings. The zero-order valence-electron chi connectivity index (χ0n) is 14.9. The molecule has 26 heavy (non-hydrogen) atoms. The lowest BCUT2D eigenvalue weighted by Gasteiger charge is -2.11. The van der Waals surface area contributed by atoms with Crippen molar-refractivity contribution in [2.45, 2.75) is 33.7 Å². The lowest BCUT2D eigenvalue weighted by molar-refractivity contribution is 0.0948. The van der Waals surface area contributed by atoms with Crippen LogP contribution in [0.15, 0.2) is 41.2 Å². The lowest BCUT2D eigenvalue weighted by atomic mass is 10.1. The van der Waals surface area contributed by atoms with E-state index in [1.807, 2.05) is 32.0 Å². The second-order valence-electron chi connectivity index (χ2n) is 5.80. The van der Waals surface area contributed by atoms with E-state index in [-0.39, 0.29) is 12.5 Å². The molecular weight excluding hydrogens is 332 g/mol. The Labute approximate surface area is 151 Å². The van der Waals surface area contributed by atoms with Crippen LogP contribution in [0.4, 0.5) is 0 Å². The standard InChI is InChI=1S/C19H20N4O3/c1-4-16-17(13(3)26-23-16)18(24)22-10-14-6-5-9-20-19(14)25-15-8-7-12(2)21-11-15/h5-9,11H,4,10H2,1-3H3,(H,22,24). The predicted octanol–water partition coefficient (Wildman–Crippen LogP) is 3.37. The number of ether oxygens (including phenoxy) is 1. The molecule has 3 heterocycles. The first-order valence-electron chi connectivity index (χ1n) is 8.36. The van der Waals surface area contributed by atoms with Crippen LogP contribution in [0.5, 0.6) is 11.6 Å². The van der Waals surface area contributed by atoms with Crippen LogP contribution in [0.25, 0.3) is 0 Å². The molecule has 1 N–H and O–H groups in total. The van der Waals surface area contributed by atoms with Gasteiger partial charge in [0.15, 0.2) is 0 Å². The second kappa shape index (κ2) is 7.77. The molecule has 7 nitrogen and oxygen atoms in total. The van der Waals surface area contributed by atoms with E-state index in [4.69, 9.17) is 9.26 Å². The maximum atomic E-state index is 12.5. The molecule has 0 saturated carbocycles. The van der Waals surface area contributed by atoms with Crippen LogP contribution in [0.2, 0.25) is 0 Å². The van der Waals surface area contributed by atoms with E-state index in [2.05, 4.69) is 20.4 Å². The van der Waals surface area contributed by atoms with Crippen molar-refractivity contribution in [3.8, 4) is 11.6 Å². The van der Waals surface area contributed by atoms with Gasteiger partial charge in [-0.15, -0.1) is 0 Å². The van der Waals surface area contributed by atoms with E-state index in [9.17, 15) is 4.79 Å². The number of amides is 1. The van der Waals surface area contributed by atoms with Gasteiger partial charge < -0.3 is 14.6 Å². The summed E-state index contributed by atoms with van der Waals surface area (Å²) in [5.41, 5.74) is 2.80. The fourth-order valence-electron chi connectivity index (χ4n) is 2.49. The van der Waals surface area contributed by atoms with Crippen LogP contribution in [-0.4, -0.2) is 21.0 Å². The minimum absolute atomic E-state index is 0.229. The van der Waals surface area contributed by atoms with E-state index in [0.717, 1.165) is 11.3 Å². The van der Waals surface area contributed by atoms with Crippen molar-refractivity contribution in [1.82, 2.24) is 20.4 Å². The van der Waals surface area contributed by atoms with Crippen molar-refractivity contribution < 1.29 is 14.1 Å². The third kappa shape index (κ3) is 3.88. The van der Waals surface area contributed by atoms with E-state index >= 15 is 0 Å². The Morgan fingerprint density at radius 1 is 1.23 bits per heavy atom. The average molecular weight is 352 g/mol. The van der Waals surface area contributed by atoms with Crippen LogP contribution >= 0.6 is 0 Å². The van der Waals surface area contributed by atoms with Crippen molar-refractivity contribution in [2.75, 3.05) is 0 Å². The Bertz CT molecular complexity index is 903. The highest BCUT2D eigenvalue weighted by Gasteiger charge is 2.19. The molecule has 3 aromatic heterocycles. The van der Waals surface area contributed by atoms with Crippen LogP contribution in [-0.2, 0) is 13.0 Å². The first-order valence-corrected chi connectivity index (χ1v) is 8.36. The van der Waals surface area contributed by atoms with E-state index in [1.54, 1.807) is 25.4 Å². The molecule has 0 fully saturated rings. The van der Waals surface area contributed by atoms with Gasteiger partial charge in [0, 0.05) is 24.0 Å². The summed E-state index contributed by atoms with van der Waals surface area (Å²) in [6.45, 7) is 5.83. The summed E-state index contributed by atoms with van der Waals surface area (Å²) in [5.74, 6) is 1.29. The molecule has 0 unspecified atom stereocenters. The van der Waals surface area contributed by atoms with E-state index in [1.165, 1.54) is 0 Å². The number of hydrogen-bond acceptors (Lipinski definition) is 6. The Kier molecular flexibility index (Phi) is 5.26. The maximum absolute atomic E-state index is 12.5. The fourth-order valence-corrected chi connectivity index (χ4v) is 2.49. The zero-order valence-corrected chi connectivity index (χ0v) is 14.9. The van der Waals surface area contributed by atoms with Gasteiger partial charge in [0.05, 0.1) is 11.9 Å². The molecule has 1 amide bonds. The number of aromatic nitrogens is 3. The smallest absolute Gasteiger partial charge is 0.257 e. The van der Waals surface area contributed by atoms with Crippen LogP contribution in [0.1, 0.15) is 40.0 Å². The third-order valence-electron chi connectivity index (χ3n) is 3.88. The monoisotopic (exact) mass is 352 g/mol. The molecule has 0 atom stereocenters. The maximum Gasteiger partial charge on any atom is 0.257 e. The molecule has 0 aliphatic heterocycles. The number of rotatable bonds is 6. The van der Waals surface area contributed by atoms with Gasteiger partial charge in [0.25, 0.3) is 5.91 Å². The normalized spacial score (nSPS) is 10.6. The molecule has 0 saturated heterocycles.